The van der Waals surface area contributed by atoms with Gasteiger partial charge in [0, 0.05) is 34.6 Å². The van der Waals surface area contributed by atoms with Crippen molar-refractivity contribution in [1.29, 1.82) is 0 Å². The zero-order valence-electron chi connectivity index (χ0n) is 18.6. The number of nitrogens with zero attached hydrogens (tertiary/aromatic N) is 2. The number of anilines is 2. The van der Waals surface area contributed by atoms with Crippen LogP contribution >= 0.6 is 0 Å². The number of fused-ring (bicyclic) bond motifs is 2. The number of benzene rings is 3. The average molecular weight is 425 g/mol. The highest BCUT2D eigenvalue weighted by atomic mass is 16.2. The predicted octanol–water partition coefficient (Wildman–Crippen LogP) is 5.65. The summed E-state index contributed by atoms with van der Waals surface area (Å²) in [6.45, 7) is 4.24. The van der Waals surface area contributed by atoms with Crippen LogP contribution < -0.4 is 9.80 Å². The standard InChI is InChI=1S/C28H28N2O2/c1-19-13-15-23-18-26-24(17-25(23)29(19)27(31)21-9-5-3-6-10-21)16-14-20(2)30(26)28(32)22-11-7-4-8-12-22/h3-12,17-20H,13-16H2,1-2H3. The van der Waals surface area contributed by atoms with Crippen LogP contribution in [-0.2, 0) is 12.8 Å². The highest BCUT2D eigenvalue weighted by Crippen LogP contribution is 2.41. The van der Waals surface area contributed by atoms with Crippen LogP contribution in [0, 0.1) is 0 Å². The van der Waals surface area contributed by atoms with Gasteiger partial charge in [0.25, 0.3) is 11.8 Å². The molecule has 0 aliphatic carbocycles. The van der Waals surface area contributed by atoms with E-state index in [0.717, 1.165) is 48.2 Å². The molecule has 0 N–H and O–H groups in total. The second kappa shape index (κ2) is 8.27. The molecule has 4 nitrogen and oxygen atoms in total. The molecule has 2 aliphatic heterocycles. The number of hydrogen-bond acceptors (Lipinski definition) is 2. The first kappa shape index (κ1) is 20.5. The van der Waals surface area contributed by atoms with Gasteiger partial charge in [-0.25, -0.2) is 0 Å². The third kappa shape index (κ3) is 3.50. The second-order valence-corrected chi connectivity index (χ2v) is 8.97. The minimum atomic E-state index is 0.0420. The summed E-state index contributed by atoms with van der Waals surface area (Å²) in [6.07, 6.45) is 3.63. The molecule has 0 spiro atoms. The van der Waals surface area contributed by atoms with Crippen molar-refractivity contribution in [2.24, 2.45) is 0 Å². The molecule has 0 aromatic heterocycles. The van der Waals surface area contributed by atoms with Gasteiger partial charge in [0.1, 0.15) is 0 Å². The first-order chi connectivity index (χ1) is 15.5. The number of rotatable bonds is 2. The van der Waals surface area contributed by atoms with E-state index in [1.165, 1.54) is 0 Å². The first-order valence-corrected chi connectivity index (χ1v) is 11.5. The summed E-state index contributed by atoms with van der Waals surface area (Å²) in [4.78, 5) is 30.7. The Morgan fingerprint density at radius 2 is 1.03 bits per heavy atom. The first-order valence-electron chi connectivity index (χ1n) is 11.5. The fraction of sp³-hybridized carbons (Fsp3) is 0.286. The molecule has 0 saturated heterocycles. The lowest BCUT2D eigenvalue weighted by molar-refractivity contribution is 0.0965. The minimum Gasteiger partial charge on any atom is -0.305 e. The van der Waals surface area contributed by atoms with Gasteiger partial charge in [0.05, 0.1) is 0 Å². The van der Waals surface area contributed by atoms with Crippen LogP contribution in [-0.4, -0.2) is 23.9 Å². The van der Waals surface area contributed by atoms with Crippen molar-refractivity contribution < 1.29 is 9.59 Å². The number of hydrogen-bond donors (Lipinski definition) is 0. The molecular formula is C28H28N2O2. The van der Waals surface area contributed by atoms with Crippen LogP contribution in [0.1, 0.15) is 58.5 Å². The molecule has 2 amide bonds. The maximum Gasteiger partial charge on any atom is 0.258 e. The van der Waals surface area contributed by atoms with Gasteiger partial charge in [-0.2, -0.15) is 0 Å². The van der Waals surface area contributed by atoms with Crippen LogP contribution in [0.2, 0.25) is 0 Å². The van der Waals surface area contributed by atoms with Crippen molar-refractivity contribution in [3.05, 3.63) is 95.1 Å². The lowest BCUT2D eigenvalue weighted by Gasteiger charge is -2.40. The average Bonchev–Trinajstić information content (AvgIpc) is 2.83. The number of aryl methyl sites for hydroxylation is 2. The second-order valence-electron chi connectivity index (χ2n) is 8.97. The largest absolute Gasteiger partial charge is 0.305 e. The summed E-state index contributed by atoms with van der Waals surface area (Å²) in [5.41, 5.74) is 5.70. The number of carbonyl (C=O) groups excluding carboxylic acids is 2. The van der Waals surface area contributed by atoms with Gasteiger partial charge >= 0.3 is 0 Å². The topological polar surface area (TPSA) is 40.6 Å². The molecule has 3 aromatic carbocycles. The van der Waals surface area contributed by atoms with E-state index >= 15 is 0 Å². The fourth-order valence-corrected chi connectivity index (χ4v) is 5.03. The predicted molar refractivity (Wildman–Crippen MR) is 129 cm³/mol. The zero-order valence-corrected chi connectivity index (χ0v) is 18.6. The van der Waals surface area contributed by atoms with Gasteiger partial charge in [-0.15, -0.1) is 0 Å². The number of carbonyl (C=O) groups is 2. The molecule has 2 heterocycles. The molecule has 2 atom stereocenters. The SMILES string of the molecule is CC1CCc2cc3c(cc2N1C(=O)c1ccccc1)CCC(C)N3C(=O)c1ccccc1. The highest BCUT2D eigenvalue weighted by Gasteiger charge is 2.34. The van der Waals surface area contributed by atoms with Gasteiger partial charge in [-0.05, 0) is 87.1 Å². The maximum atomic E-state index is 13.4. The third-order valence-electron chi connectivity index (χ3n) is 6.82. The molecule has 4 heteroatoms. The van der Waals surface area contributed by atoms with Crippen molar-refractivity contribution in [3.8, 4) is 0 Å². The van der Waals surface area contributed by atoms with Gasteiger partial charge in [0.15, 0.2) is 0 Å². The Kier molecular flexibility index (Phi) is 5.30. The summed E-state index contributed by atoms with van der Waals surface area (Å²) in [6, 6.07) is 23.6. The molecular weight excluding hydrogens is 396 g/mol. The van der Waals surface area contributed by atoms with Crippen LogP contribution in [0.4, 0.5) is 11.4 Å². The van der Waals surface area contributed by atoms with E-state index in [0.29, 0.717) is 11.1 Å². The Morgan fingerprint density at radius 3 is 1.41 bits per heavy atom. The molecule has 0 saturated carbocycles. The molecule has 5 rings (SSSR count). The molecule has 0 radical (unpaired) electrons. The Morgan fingerprint density at radius 1 is 0.656 bits per heavy atom. The molecule has 32 heavy (non-hydrogen) atoms. The van der Waals surface area contributed by atoms with E-state index in [1.54, 1.807) is 0 Å². The lowest BCUT2D eigenvalue weighted by Crippen LogP contribution is -2.44. The zero-order chi connectivity index (χ0) is 22.2. The van der Waals surface area contributed by atoms with E-state index in [-0.39, 0.29) is 23.9 Å². The van der Waals surface area contributed by atoms with E-state index in [2.05, 4.69) is 26.0 Å². The molecule has 0 bridgehead atoms. The molecule has 2 aliphatic rings. The normalized spacial score (nSPS) is 19.8. The van der Waals surface area contributed by atoms with Crippen molar-refractivity contribution in [3.63, 3.8) is 0 Å². The van der Waals surface area contributed by atoms with E-state index in [4.69, 9.17) is 0 Å². The summed E-state index contributed by atoms with van der Waals surface area (Å²) < 4.78 is 0. The molecule has 3 aromatic rings. The van der Waals surface area contributed by atoms with Crippen LogP contribution in [0.3, 0.4) is 0 Å². The lowest BCUT2D eigenvalue weighted by atomic mass is 9.89. The molecule has 2 unspecified atom stereocenters. The minimum absolute atomic E-state index is 0.0420. The third-order valence-corrected chi connectivity index (χ3v) is 6.82. The quantitative estimate of drug-likeness (QED) is 0.533. The summed E-state index contributed by atoms with van der Waals surface area (Å²) in [5.74, 6) is 0.0841. The van der Waals surface area contributed by atoms with Crippen LogP contribution in [0.25, 0.3) is 0 Å². The maximum absolute atomic E-state index is 13.4. The van der Waals surface area contributed by atoms with Crippen molar-refractivity contribution in [2.75, 3.05) is 9.80 Å². The van der Waals surface area contributed by atoms with Gasteiger partial charge in [0.2, 0.25) is 0 Å². The Hall–Kier alpha value is -3.40. The summed E-state index contributed by atoms with van der Waals surface area (Å²) in [7, 11) is 0. The monoisotopic (exact) mass is 424 g/mol. The summed E-state index contributed by atoms with van der Waals surface area (Å²) in [5, 5.41) is 0. The molecule has 162 valence electrons. The van der Waals surface area contributed by atoms with Gasteiger partial charge < -0.3 is 9.80 Å². The Bertz CT molecular complexity index is 1060. The van der Waals surface area contributed by atoms with Gasteiger partial charge in [-0.1, -0.05) is 36.4 Å². The van der Waals surface area contributed by atoms with E-state index in [1.807, 2.05) is 70.5 Å². The highest BCUT2D eigenvalue weighted by molar-refractivity contribution is 6.09. The van der Waals surface area contributed by atoms with Crippen LogP contribution in [0.15, 0.2) is 72.8 Å². The van der Waals surface area contributed by atoms with Gasteiger partial charge in [-0.3, -0.25) is 9.59 Å². The van der Waals surface area contributed by atoms with Crippen molar-refractivity contribution in [2.45, 2.75) is 51.6 Å². The van der Waals surface area contributed by atoms with Crippen LogP contribution in [0.5, 0.6) is 0 Å². The van der Waals surface area contributed by atoms with Crippen molar-refractivity contribution in [1.82, 2.24) is 0 Å². The molecule has 0 fully saturated rings. The van der Waals surface area contributed by atoms with Crippen molar-refractivity contribution >= 4 is 23.2 Å². The fourth-order valence-electron chi connectivity index (χ4n) is 5.03. The number of amides is 2. The van der Waals surface area contributed by atoms with E-state index in [9.17, 15) is 9.59 Å². The summed E-state index contributed by atoms with van der Waals surface area (Å²) >= 11 is 0. The Balaban J connectivity index is 1.57. The smallest absolute Gasteiger partial charge is 0.258 e. The van der Waals surface area contributed by atoms with E-state index < -0.39 is 0 Å². The Labute approximate surface area is 189 Å².